The molecule has 2 aromatic rings. The highest BCUT2D eigenvalue weighted by Crippen LogP contribution is 2.23. The van der Waals surface area contributed by atoms with E-state index >= 15 is 0 Å². The zero-order valence-electron chi connectivity index (χ0n) is 14.4. The van der Waals surface area contributed by atoms with Crippen molar-refractivity contribution in [2.45, 2.75) is 10.9 Å². The van der Waals surface area contributed by atoms with E-state index in [9.17, 15) is 17.2 Å². The molecule has 9 heteroatoms. The van der Waals surface area contributed by atoms with Crippen LogP contribution in [-0.4, -0.2) is 50.7 Å². The standard InChI is InChI=1S/C17H21F2N3O3S/c1-21-6-2-3-15(21)16(22-7-9-25-10-8-22)12-20-26(23,24)17-5-4-13(18)11-14(17)19/h2-6,11,16,20H,7-10,12H2,1H3/t16-/m1/s1. The molecule has 0 amide bonds. The van der Waals surface area contributed by atoms with Crippen LogP contribution in [0.3, 0.4) is 0 Å². The molecule has 6 nitrogen and oxygen atoms in total. The molecule has 0 saturated carbocycles. The maximum atomic E-state index is 13.9. The number of halogens is 2. The van der Waals surface area contributed by atoms with Gasteiger partial charge in [-0.25, -0.2) is 21.9 Å². The average molecular weight is 385 g/mol. The van der Waals surface area contributed by atoms with Gasteiger partial charge in [-0.15, -0.1) is 0 Å². The number of hydrogen-bond donors (Lipinski definition) is 1. The number of nitrogens with one attached hydrogen (secondary N) is 1. The summed E-state index contributed by atoms with van der Waals surface area (Å²) in [5.41, 5.74) is 0.939. The van der Waals surface area contributed by atoms with Crippen LogP contribution in [0.25, 0.3) is 0 Å². The fourth-order valence-corrected chi connectivity index (χ4v) is 4.19. The van der Waals surface area contributed by atoms with Crippen molar-refractivity contribution in [3.05, 3.63) is 53.9 Å². The number of aromatic nitrogens is 1. The van der Waals surface area contributed by atoms with Crippen LogP contribution in [0.4, 0.5) is 8.78 Å². The van der Waals surface area contributed by atoms with Crippen molar-refractivity contribution < 1.29 is 21.9 Å². The van der Waals surface area contributed by atoms with Crippen molar-refractivity contribution in [3.8, 4) is 0 Å². The third-order valence-electron chi connectivity index (χ3n) is 4.46. The van der Waals surface area contributed by atoms with E-state index in [4.69, 9.17) is 4.74 Å². The Labute approximate surface area is 151 Å². The van der Waals surface area contributed by atoms with Crippen LogP contribution in [0.15, 0.2) is 41.4 Å². The fourth-order valence-electron chi connectivity index (χ4n) is 3.09. The van der Waals surface area contributed by atoms with Crippen LogP contribution >= 0.6 is 0 Å². The SMILES string of the molecule is Cn1cccc1[C@@H](CNS(=O)(=O)c1ccc(F)cc1F)N1CCOCC1. The third kappa shape index (κ3) is 4.12. The lowest BCUT2D eigenvalue weighted by Crippen LogP contribution is -2.44. The van der Waals surface area contributed by atoms with Crippen molar-refractivity contribution in [1.82, 2.24) is 14.2 Å². The normalized spacial score (nSPS) is 17.3. The van der Waals surface area contributed by atoms with Crippen molar-refractivity contribution in [3.63, 3.8) is 0 Å². The number of morpholine rings is 1. The molecule has 0 spiro atoms. The summed E-state index contributed by atoms with van der Waals surface area (Å²) >= 11 is 0. The third-order valence-corrected chi connectivity index (χ3v) is 5.92. The van der Waals surface area contributed by atoms with Crippen LogP contribution < -0.4 is 4.72 Å². The summed E-state index contributed by atoms with van der Waals surface area (Å²) in [6, 6.07) is 6.00. The molecule has 1 aromatic heterocycles. The Kier molecular flexibility index (Phi) is 5.71. The summed E-state index contributed by atoms with van der Waals surface area (Å²) in [7, 11) is -2.22. The number of benzene rings is 1. The van der Waals surface area contributed by atoms with Crippen LogP contribution in [0, 0.1) is 11.6 Å². The Bertz CT molecular complexity index is 864. The monoisotopic (exact) mass is 385 g/mol. The van der Waals surface area contributed by atoms with Crippen molar-refractivity contribution in [2.75, 3.05) is 32.8 Å². The van der Waals surface area contributed by atoms with Gasteiger partial charge in [0.05, 0.1) is 19.3 Å². The van der Waals surface area contributed by atoms with E-state index in [2.05, 4.69) is 9.62 Å². The van der Waals surface area contributed by atoms with E-state index in [-0.39, 0.29) is 12.6 Å². The first kappa shape index (κ1) is 19.0. The van der Waals surface area contributed by atoms with E-state index in [1.54, 1.807) is 0 Å². The van der Waals surface area contributed by atoms with Crippen molar-refractivity contribution in [2.24, 2.45) is 7.05 Å². The minimum Gasteiger partial charge on any atom is -0.379 e. The number of rotatable bonds is 6. The molecule has 1 aliphatic heterocycles. The number of sulfonamides is 1. The highest BCUT2D eigenvalue weighted by Gasteiger charge is 2.27. The summed E-state index contributed by atoms with van der Waals surface area (Å²) in [5.74, 6) is -1.93. The van der Waals surface area contributed by atoms with Gasteiger partial charge in [-0.3, -0.25) is 4.90 Å². The van der Waals surface area contributed by atoms with Gasteiger partial charge in [-0.1, -0.05) is 0 Å². The summed E-state index contributed by atoms with van der Waals surface area (Å²) < 4.78 is 61.6. The minimum absolute atomic E-state index is 0.0665. The van der Waals surface area contributed by atoms with Gasteiger partial charge in [0, 0.05) is 44.6 Å². The topological polar surface area (TPSA) is 63.6 Å². The van der Waals surface area contributed by atoms with Gasteiger partial charge >= 0.3 is 0 Å². The second-order valence-electron chi connectivity index (χ2n) is 6.13. The second kappa shape index (κ2) is 7.83. The van der Waals surface area contributed by atoms with Gasteiger partial charge < -0.3 is 9.30 Å². The molecule has 1 saturated heterocycles. The van der Waals surface area contributed by atoms with E-state index in [0.717, 1.165) is 17.8 Å². The molecule has 1 atom stereocenters. The van der Waals surface area contributed by atoms with Gasteiger partial charge in [-0.05, 0) is 24.3 Å². The predicted molar refractivity (Wildman–Crippen MR) is 92.1 cm³/mol. The first-order chi connectivity index (χ1) is 12.4. The zero-order valence-corrected chi connectivity index (χ0v) is 15.2. The van der Waals surface area contributed by atoms with Crippen LogP contribution in [0.2, 0.25) is 0 Å². The molecule has 1 aliphatic rings. The minimum atomic E-state index is -4.10. The summed E-state index contributed by atoms with van der Waals surface area (Å²) in [6.07, 6.45) is 1.89. The van der Waals surface area contributed by atoms with E-state index in [1.807, 2.05) is 29.9 Å². The van der Waals surface area contributed by atoms with Crippen molar-refractivity contribution >= 4 is 10.0 Å². The van der Waals surface area contributed by atoms with Gasteiger partial charge in [0.25, 0.3) is 0 Å². The number of nitrogens with zero attached hydrogens (tertiary/aromatic N) is 2. The van der Waals surface area contributed by atoms with Gasteiger partial charge in [0.1, 0.15) is 16.5 Å². The summed E-state index contributed by atoms with van der Waals surface area (Å²) in [4.78, 5) is 1.56. The molecule has 0 unspecified atom stereocenters. The molecule has 1 N–H and O–H groups in total. The maximum Gasteiger partial charge on any atom is 0.243 e. The first-order valence-electron chi connectivity index (χ1n) is 8.26. The molecule has 0 bridgehead atoms. The quantitative estimate of drug-likeness (QED) is 0.822. The number of hydrogen-bond acceptors (Lipinski definition) is 4. The number of ether oxygens (including phenoxy) is 1. The first-order valence-corrected chi connectivity index (χ1v) is 9.74. The molecule has 0 radical (unpaired) electrons. The Balaban J connectivity index is 1.81. The van der Waals surface area contributed by atoms with Crippen LogP contribution in [-0.2, 0) is 21.8 Å². The molecule has 26 heavy (non-hydrogen) atoms. The van der Waals surface area contributed by atoms with Crippen molar-refractivity contribution in [1.29, 1.82) is 0 Å². The smallest absolute Gasteiger partial charge is 0.243 e. The molecule has 3 rings (SSSR count). The van der Waals surface area contributed by atoms with Crippen LogP contribution in [0.1, 0.15) is 11.7 Å². The maximum absolute atomic E-state index is 13.9. The largest absolute Gasteiger partial charge is 0.379 e. The fraction of sp³-hybridized carbons (Fsp3) is 0.412. The Morgan fingerprint density at radius 2 is 1.96 bits per heavy atom. The Morgan fingerprint density at radius 1 is 1.23 bits per heavy atom. The second-order valence-corrected chi connectivity index (χ2v) is 7.87. The highest BCUT2D eigenvalue weighted by atomic mass is 32.2. The molecule has 1 aromatic carbocycles. The van der Waals surface area contributed by atoms with Crippen LogP contribution in [0.5, 0.6) is 0 Å². The molecular weight excluding hydrogens is 364 g/mol. The van der Waals surface area contributed by atoms with E-state index in [1.165, 1.54) is 0 Å². The average Bonchev–Trinajstić information content (AvgIpc) is 3.01. The predicted octanol–water partition coefficient (Wildman–Crippen LogP) is 1.66. The molecule has 1 fully saturated rings. The molecule has 142 valence electrons. The Hall–Kier alpha value is -1.81. The van der Waals surface area contributed by atoms with Gasteiger partial charge in [0.2, 0.25) is 10.0 Å². The number of aryl methyl sites for hydroxylation is 1. The zero-order chi connectivity index (χ0) is 18.7. The summed E-state index contributed by atoms with van der Waals surface area (Å²) in [6.45, 7) is 2.54. The lowest BCUT2D eigenvalue weighted by Gasteiger charge is -2.34. The molecule has 2 heterocycles. The molecule has 0 aliphatic carbocycles. The summed E-state index contributed by atoms with van der Waals surface area (Å²) in [5, 5.41) is 0. The lowest BCUT2D eigenvalue weighted by atomic mass is 10.1. The van der Waals surface area contributed by atoms with E-state index in [0.29, 0.717) is 32.4 Å². The van der Waals surface area contributed by atoms with E-state index < -0.39 is 26.6 Å². The lowest BCUT2D eigenvalue weighted by molar-refractivity contribution is 0.0158. The molecular formula is C17H21F2N3O3S. The highest BCUT2D eigenvalue weighted by molar-refractivity contribution is 7.89. The van der Waals surface area contributed by atoms with Gasteiger partial charge in [0.15, 0.2) is 0 Å². The van der Waals surface area contributed by atoms with Gasteiger partial charge in [-0.2, -0.15) is 0 Å². The Morgan fingerprint density at radius 3 is 2.58 bits per heavy atom.